The summed E-state index contributed by atoms with van der Waals surface area (Å²) in [6, 6.07) is 8.96. The number of allylic oxidation sites excluding steroid dienone is 1. The molecule has 1 aliphatic heterocycles. The van der Waals surface area contributed by atoms with Gasteiger partial charge in [-0.25, -0.2) is 9.48 Å². The lowest BCUT2D eigenvalue weighted by Crippen LogP contribution is -2.28. The Balaban J connectivity index is 2.21. The van der Waals surface area contributed by atoms with Gasteiger partial charge in [0.25, 0.3) is 0 Å². The third-order valence-corrected chi connectivity index (χ3v) is 3.14. The van der Waals surface area contributed by atoms with Gasteiger partial charge in [-0.1, -0.05) is 30.3 Å². The number of rotatable bonds is 2. The maximum Gasteiger partial charge on any atom is 0.335 e. The molecule has 2 aromatic rings. The SMILES string of the molecule is CC1=C(C(=O)O)[C@H](c2ccccc2)n2ncnc2N1. The normalized spacial score (nSPS) is 17.8. The lowest BCUT2D eigenvalue weighted by molar-refractivity contribution is -0.133. The van der Waals surface area contributed by atoms with Crippen molar-refractivity contribution < 1.29 is 9.90 Å². The van der Waals surface area contributed by atoms with Crippen molar-refractivity contribution in [2.24, 2.45) is 0 Å². The lowest BCUT2D eigenvalue weighted by Gasteiger charge is -2.27. The van der Waals surface area contributed by atoms with Gasteiger partial charge in [-0.2, -0.15) is 10.1 Å². The summed E-state index contributed by atoms with van der Waals surface area (Å²) in [4.78, 5) is 15.6. The number of fused-ring (bicyclic) bond motifs is 1. The molecule has 0 spiro atoms. The van der Waals surface area contributed by atoms with Crippen molar-refractivity contribution in [1.82, 2.24) is 14.8 Å². The number of carboxylic acids is 1. The first-order valence-electron chi connectivity index (χ1n) is 5.84. The summed E-state index contributed by atoms with van der Waals surface area (Å²) in [7, 11) is 0. The average molecular weight is 256 g/mol. The third kappa shape index (κ3) is 1.77. The molecule has 1 aromatic heterocycles. The van der Waals surface area contributed by atoms with E-state index in [1.165, 1.54) is 6.33 Å². The van der Waals surface area contributed by atoms with E-state index in [2.05, 4.69) is 15.4 Å². The van der Waals surface area contributed by atoms with Gasteiger partial charge >= 0.3 is 5.97 Å². The molecular formula is C13H12N4O2. The molecule has 19 heavy (non-hydrogen) atoms. The van der Waals surface area contributed by atoms with Crippen LogP contribution in [0.4, 0.5) is 5.95 Å². The fourth-order valence-electron chi connectivity index (χ4n) is 2.31. The van der Waals surface area contributed by atoms with Crippen molar-refractivity contribution in [1.29, 1.82) is 0 Å². The van der Waals surface area contributed by atoms with E-state index in [9.17, 15) is 9.90 Å². The van der Waals surface area contributed by atoms with Gasteiger partial charge in [0.1, 0.15) is 12.4 Å². The summed E-state index contributed by atoms with van der Waals surface area (Å²) in [5.74, 6) is -0.406. The van der Waals surface area contributed by atoms with Crippen molar-refractivity contribution in [2.75, 3.05) is 5.32 Å². The van der Waals surface area contributed by atoms with Gasteiger partial charge in [-0.15, -0.1) is 0 Å². The van der Waals surface area contributed by atoms with E-state index >= 15 is 0 Å². The van der Waals surface area contributed by atoms with Crippen LogP contribution in [0.1, 0.15) is 18.5 Å². The Labute approximate surface area is 109 Å². The van der Waals surface area contributed by atoms with Crippen molar-refractivity contribution in [3.63, 3.8) is 0 Å². The van der Waals surface area contributed by atoms with E-state index in [1.54, 1.807) is 11.6 Å². The van der Waals surface area contributed by atoms with Crippen LogP contribution in [-0.2, 0) is 4.79 Å². The number of carbonyl (C=O) groups is 1. The third-order valence-electron chi connectivity index (χ3n) is 3.14. The molecular weight excluding hydrogens is 244 g/mol. The Bertz CT molecular complexity index is 660. The van der Waals surface area contributed by atoms with Crippen LogP contribution in [0.3, 0.4) is 0 Å². The van der Waals surface area contributed by atoms with Crippen LogP contribution in [0.15, 0.2) is 47.9 Å². The molecule has 0 aliphatic carbocycles. The second kappa shape index (κ2) is 4.24. The molecule has 0 saturated carbocycles. The standard InChI is InChI=1S/C13H12N4O2/c1-8-10(12(18)19)11(9-5-3-2-4-6-9)17-13(16-8)14-7-15-17/h2-7,11H,1H3,(H,18,19)(H,14,15,16)/t11-/m0/s1. The predicted octanol–water partition coefficient (Wildman–Crippen LogP) is 1.65. The van der Waals surface area contributed by atoms with Crippen LogP contribution in [0.25, 0.3) is 0 Å². The van der Waals surface area contributed by atoms with E-state index in [-0.39, 0.29) is 5.57 Å². The topological polar surface area (TPSA) is 80.0 Å². The molecule has 6 nitrogen and oxygen atoms in total. The Morgan fingerprint density at radius 3 is 2.79 bits per heavy atom. The summed E-state index contributed by atoms with van der Waals surface area (Å²) >= 11 is 0. The summed E-state index contributed by atoms with van der Waals surface area (Å²) in [5.41, 5.74) is 1.73. The van der Waals surface area contributed by atoms with E-state index in [0.717, 1.165) is 5.56 Å². The van der Waals surface area contributed by atoms with Gasteiger partial charge in [0, 0.05) is 5.70 Å². The fraction of sp³-hybridized carbons (Fsp3) is 0.154. The Morgan fingerprint density at radius 2 is 2.11 bits per heavy atom. The predicted molar refractivity (Wildman–Crippen MR) is 68.6 cm³/mol. The van der Waals surface area contributed by atoms with Gasteiger partial charge in [0.15, 0.2) is 0 Å². The molecule has 2 N–H and O–H groups in total. The number of carboxylic acid groups (broad SMARTS) is 1. The monoisotopic (exact) mass is 256 g/mol. The molecule has 6 heteroatoms. The van der Waals surface area contributed by atoms with Crippen molar-refractivity contribution in [3.05, 3.63) is 53.5 Å². The first-order chi connectivity index (χ1) is 9.18. The van der Waals surface area contributed by atoms with Crippen LogP contribution in [0, 0.1) is 0 Å². The average Bonchev–Trinajstić information content (AvgIpc) is 2.85. The van der Waals surface area contributed by atoms with Crippen molar-refractivity contribution in [3.8, 4) is 0 Å². The zero-order valence-electron chi connectivity index (χ0n) is 10.2. The Kier molecular flexibility index (Phi) is 2.56. The number of aliphatic carboxylic acids is 1. The van der Waals surface area contributed by atoms with Crippen LogP contribution in [0.2, 0.25) is 0 Å². The molecule has 0 unspecified atom stereocenters. The van der Waals surface area contributed by atoms with Crippen LogP contribution >= 0.6 is 0 Å². The van der Waals surface area contributed by atoms with Crippen LogP contribution in [0.5, 0.6) is 0 Å². The second-order valence-corrected chi connectivity index (χ2v) is 4.31. The highest BCUT2D eigenvalue weighted by atomic mass is 16.4. The molecule has 0 bridgehead atoms. The number of aromatic nitrogens is 3. The first-order valence-corrected chi connectivity index (χ1v) is 5.84. The number of hydrogen-bond donors (Lipinski definition) is 2. The molecule has 1 atom stereocenters. The molecule has 96 valence electrons. The summed E-state index contributed by atoms with van der Waals surface area (Å²) in [6.07, 6.45) is 1.41. The van der Waals surface area contributed by atoms with Gasteiger partial charge in [-0.3, -0.25) is 0 Å². The van der Waals surface area contributed by atoms with Gasteiger partial charge in [0.2, 0.25) is 5.95 Å². The summed E-state index contributed by atoms with van der Waals surface area (Å²) < 4.78 is 1.59. The van der Waals surface area contributed by atoms with Gasteiger partial charge in [-0.05, 0) is 12.5 Å². The number of nitrogens with zero attached hydrogens (tertiary/aromatic N) is 3. The van der Waals surface area contributed by atoms with Crippen LogP contribution < -0.4 is 5.32 Å². The van der Waals surface area contributed by atoms with E-state index in [1.807, 2.05) is 30.3 Å². The molecule has 3 rings (SSSR count). The minimum atomic E-state index is -0.958. The highest BCUT2D eigenvalue weighted by molar-refractivity contribution is 5.90. The van der Waals surface area contributed by atoms with Gasteiger partial charge < -0.3 is 10.4 Å². The first kappa shape index (κ1) is 11.5. The smallest absolute Gasteiger partial charge is 0.335 e. The summed E-state index contributed by atoms with van der Waals surface area (Å²) in [5, 5.41) is 16.5. The molecule has 0 fully saturated rings. The highest BCUT2D eigenvalue weighted by Crippen LogP contribution is 2.34. The quantitative estimate of drug-likeness (QED) is 0.854. The molecule has 0 saturated heterocycles. The minimum absolute atomic E-state index is 0.282. The van der Waals surface area contributed by atoms with E-state index in [0.29, 0.717) is 11.6 Å². The number of hydrogen-bond acceptors (Lipinski definition) is 4. The molecule has 0 radical (unpaired) electrons. The molecule has 1 aliphatic rings. The zero-order valence-corrected chi connectivity index (χ0v) is 10.2. The maximum atomic E-state index is 11.5. The van der Waals surface area contributed by atoms with Crippen molar-refractivity contribution >= 4 is 11.9 Å². The summed E-state index contributed by atoms with van der Waals surface area (Å²) in [6.45, 7) is 1.73. The van der Waals surface area contributed by atoms with E-state index in [4.69, 9.17) is 0 Å². The molecule has 1 aromatic carbocycles. The Morgan fingerprint density at radius 1 is 1.37 bits per heavy atom. The van der Waals surface area contributed by atoms with Crippen LogP contribution in [-0.4, -0.2) is 25.8 Å². The number of nitrogens with one attached hydrogen (secondary N) is 1. The zero-order chi connectivity index (χ0) is 13.4. The molecule has 0 amide bonds. The lowest BCUT2D eigenvalue weighted by atomic mass is 9.96. The van der Waals surface area contributed by atoms with E-state index < -0.39 is 12.0 Å². The fourth-order valence-corrected chi connectivity index (χ4v) is 2.31. The molecule has 2 heterocycles. The maximum absolute atomic E-state index is 11.5. The second-order valence-electron chi connectivity index (χ2n) is 4.31. The van der Waals surface area contributed by atoms with Gasteiger partial charge in [0.05, 0.1) is 5.57 Å². The Hall–Kier alpha value is -2.63. The van der Waals surface area contributed by atoms with Crippen molar-refractivity contribution in [2.45, 2.75) is 13.0 Å². The minimum Gasteiger partial charge on any atom is -0.478 e. The number of anilines is 1. The largest absolute Gasteiger partial charge is 0.478 e. The highest BCUT2D eigenvalue weighted by Gasteiger charge is 2.32. The number of benzene rings is 1.